The molecule has 2 aromatic rings. The zero-order valence-corrected chi connectivity index (χ0v) is 22.4. The number of amidine groups is 1. The molecule has 0 radical (unpaired) electrons. The summed E-state index contributed by atoms with van der Waals surface area (Å²) in [6, 6.07) is 12.6. The number of esters is 1. The molecule has 35 heavy (non-hydrogen) atoms. The molecule has 0 fully saturated rings. The highest BCUT2D eigenvalue weighted by atomic mass is 35.5. The van der Waals surface area contributed by atoms with E-state index in [0.29, 0.717) is 40.0 Å². The molecule has 184 valence electrons. The topological polar surface area (TPSA) is 54.4 Å². The summed E-state index contributed by atoms with van der Waals surface area (Å²) in [6.07, 6.45) is 2.52. The van der Waals surface area contributed by atoms with E-state index in [1.807, 2.05) is 79.5 Å². The van der Waals surface area contributed by atoms with Crippen LogP contribution in [0.15, 0.2) is 64.9 Å². The number of carbonyl (C=O) groups is 1. The molecular formula is C26H27Cl2N3O3S. The van der Waals surface area contributed by atoms with Crippen LogP contribution in [0.5, 0.6) is 5.75 Å². The van der Waals surface area contributed by atoms with Gasteiger partial charge in [-0.3, -0.25) is 0 Å². The second-order valence-electron chi connectivity index (χ2n) is 8.29. The van der Waals surface area contributed by atoms with Crippen LogP contribution >= 0.6 is 35.0 Å². The highest BCUT2D eigenvalue weighted by Gasteiger charge is 2.41. The second kappa shape index (κ2) is 11.1. The van der Waals surface area contributed by atoms with Gasteiger partial charge in [0.15, 0.2) is 5.17 Å². The first kappa shape index (κ1) is 25.6. The van der Waals surface area contributed by atoms with Crippen LogP contribution < -0.4 is 4.74 Å². The fourth-order valence-electron chi connectivity index (χ4n) is 4.04. The first-order chi connectivity index (χ1) is 16.8. The molecule has 0 spiro atoms. The highest BCUT2D eigenvalue weighted by Crippen LogP contribution is 2.50. The number of fused-ring (bicyclic) bond motifs is 1. The van der Waals surface area contributed by atoms with E-state index in [1.54, 1.807) is 7.11 Å². The Morgan fingerprint density at radius 2 is 1.86 bits per heavy atom. The normalized spacial score (nSPS) is 17.3. The Morgan fingerprint density at radius 1 is 1.14 bits per heavy atom. The summed E-state index contributed by atoms with van der Waals surface area (Å²) in [5, 5.41) is 1.85. The number of para-hydroxylation sites is 1. The number of nitrogens with zero attached hydrogens (tertiary/aromatic N) is 3. The molecule has 0 aromatic heterocycles. The molecule has 1 atom stereocenters. The number of carbonyl (C=O) groups excluding carboxylic acids is 1. The van der Waals surface area contributed by atoms with Crippen LogP contribution in [-0.2, 0) is 9.53 Å². The van der Waals surface area contributed by atoms with Crippen LogP contribution in [0.3, 0.4) is 0 Å². The largest absolute Gasteiger partial charge is 0.496 e. The molecule has 2 aliphatic heterocycles. The Labute approximate surface area is 220 Å². The van der Waals surface area contributed by atoms with Gasteiger partial charge in [-0.15, -0.1) is 0 Å². The van der Waals surface area contributed by atoms with E-state index in [0.717, 1.165) is 21.2 Å². The van der Waals surface area contributed by atoms with E-state index in [9.17, 15) is 4.79 Å². The van der Waals surface area contributed by atoms with E-state index in [2.05, 4.69) is 0 Å². The van der Waals surface area contributed by atoms with Crippen molar-refractivity contribution in [1.82, 2.24) is 9.80 Å². The van der Waals surface area contributed by atoms with Gasteiger partial charge in [-0.2, -0.15) is 0 Å². The van der Waals surface area contributed by atoms with Gasteiger partial charge in [-0.05, 0) is 50.5 Å². The summed E-state index contributed by atoms with van der Waals surface area (Å²) in [7, 11) is 5.50. The predicted molar refractivity (Wildman–Crippen MR) is 144 cm³/mol. The van der Waals surface area contributed by atoms with Gasteiger partial charge in [0.05, 0.1) is 34.5 Å². The third kappa shape index (κ3) is 5.23. The molecule has 0 saturated carbocycles. The molecule has 2 aliphatic rings. The first-order valence-corrected chi connectivity index (χ1v) is 12.8. The number of methoxy groups -OCH3 is 1. The van der Waals surface area contributed by atoms with Crippen LogP contribution in [-0.4, -0.2) is 55.3 Å². The molecule has 4 rings (SSSR count). The lowest BCUT2D eigenvalue weighted by Gasteiger charge is -2.34. The van der Waals surface area contributed by atoms with Crippen molar-refractivity contribution in [3.63, 3.8) is 0 Å². The average molecular weight is 532 g/mol. The molecule has 2 heterocycles. The van der Waals surface area contributed by atoms with Crippen molar-refractivity contribution in [1.29, 1.82) is 0 Å². The van der Waals surface area contributed by atoms with Gasteiger partial charge in [0, 0.05) is 28.8 Å². The minimum Gasteiger partial charge on any atom is -0.496 e. The third-order valence-corrected chi connectivity index (χ3v) is 7.38. The average Bonchev–Trinajstić information content (AvgIpc) is 3.25. The number of rotatable bonds is 8. The number of thioether (sulfide) groups is 1. The van der Waals surface area contributed by atoms with E-state index in [-0.39, 0.29) is 12.6 Å². The van der Waals surface area contributed by atoms with E-state index in [4.69, 9.17) is 37.7 Å². The smallest absolute Gasteiger partial charge is 0.338 e. The van der Waals surface area contributed by atoms with Gasteiger partial charge >= 0.3 is 5.97 Å². The van der Waals surface area contributed by atoms with Crippen LogP contribution in [0, 0.1) is 0 Å². The third-order valence-electron chi connectivity index (χ3n) is 5.74. The Hall–Kier alpha value is -2.45. The Morgan fingerprint density at radius 3 is 2.51 bits per heavy atom. The molecule has 0 bridgehead atoms. The molecular weight excluding hydrogens is 505 g/mol. The monoisotopic (exact) mass is 531 g/mol. The summed E-state index contributed by atoms with van der Waals surface area (Å²) in [5.74, 6) is 0.292. The number of benzene rings is 2. The lowest BCUT2D eigenvalue weighted by Crippen LogP contribution is -2.35. The van der Waals surface area contributed by atoms with Gasteiger partial charge in [0.1, 0.15) is 12.4 Å². The zero-order valence-electron chi connectivity index (χ0n) is 20.0. The number of aliphatic imine (C=N–C) groups is 1. The van der Waals surface area contributed by atoms with Crippen molar-refractivity contribution < 1.29 is 14.3 Å². The van der Waals surface area contributed by atoms with Crippen molar-refractivity contribution in [2.45, 2.75) is 19.4 Å². The maximum atomic E-state index is 13.5. The maximum absolute atomic E-state index is 13.5. The summed E-state index contributed by atoms with van der Waals surface area (Å²) in [6.45, 7) is 2.90. The fourth-order valence-corrected chi connectivity index (χ4v) is 5.86. The number of allylic oxidation sites excluding steroid dienone is 1. The minimum atomic E-state index is -0.480. The van der Waals surface area contributed by atoms with Crippen molar-refractivity contribution in [2.24, 2.45) is 4.99 Å². The molecule has 0 N–H and O–H groups in total. The van der Waals surface area contributed by atoms with Crippen LogP contribution in [0.1, 0.15) is 30.5 Å². The van der Waals surface area contributed by atoms with Gasteiger partial charge in [-0.1, -0.05) is 54.4 Å². The maximum Gasteiger partial charge on any atom is 0.338 e. The number of halogens is 2. The lowest BCUT2D eigenvalue weighted by atomic mass is 9.93. The van der Waals surface area contributed by atoms with Gasteiger partial charge in [0.2, 0.25) is 0 Å². The predicted octanol–water partition coefficient (Wildman–Crippen LogP) is 6.23. The molecule has 0 aliphatic carbocycles. The van der Waals surface area contributed by atoms with Gasteiger partial charge in [-0.25, -0.2) is 9.79 Å². The van der Waals surface area contributed by atoms with Crippen molar-refractivity contribution >= 4 is 51.0 Å². The van der Waals surface area contributed by atoms with E-state index in [1.165, 1.54) is 11.8 Å². The summed E-state index contributed by atoms with van der Waals surface area (Å²) < 4.78 is 11.4. The molecule has 0 unspecified atom stereocenters. The van der Waals surface area contributed by atoms with Crippen LogP contribution in [0.2, 0.25) is 10.0 Å². The number of ether oxygens (including phenoxy) is 2. The standard InChI is InChI=1S/C26H27Cl2N3O3S/c1-5-19-23(25(32)34-14-13-30(2)3)24(16-9-6-7-12-20(16)33-4)31-15-21(35-26(31)29-19)22-17(27)10-8-11-18(22)28/h6-12,15,24H,5,13-14H2,1-4H3/t24-/m0/s1. The molecule has 9 heteroatoms. The van der Waals surface area contributed by atoms with Crippen LogP contribution in [0.25, 0.3) is 4.91 Å². The Balaban J connectivity index is 1.83. The number of hydrogen-bond donors (Lipinski definition) is 0. The Kier molecular flexibility index (Phi) is 8.12. The SMILES string of the molecule is CCC1=C(C(=O)OCCN(C)C)[C@H](c2ccccc2OC)N2C=C(c3c(Cl)cccc3Cl)SC2=N1. The number of likely N-dealkylation sites (N-methyl/N-ethyl adjacent to an activating group) is 1. The van der Waals surface area contributed by atoms with E-state index >= 15 is 0 Å². The summed E-state index contributed by atoms with van der Waals surface area (Å²) >= 11 is 14.5. The molecule has 6 nitrogen and oxygen atoms in total. The van der Waals surface area contributed by atoms with Crippen molar-refractivity contribution in [3.8, 4) is 5.75 Å². The molecule has 2 aromatic carbocycles. The van der Waals surface area contributed by atoms with Crippen molar-refractivity contribution in [3.05, 3.63) is 81.1 Å². The van der Waals surface area contributed by atoms with E-state index < -0.39 is 6.04 Å². The van der Waals surface area contributed by atoms with Crippen LogP contribution in [0.4, 0.5) is 0 Å². The summed E-state index contributed by atoms with van der Waals surface area (Å²) in [4.78, 5) is 23.2. The molecule has 0 saturated heterocycles. The summed E-state index contributed by atoms with van der Waals surface area (Å²) in [5.41, 5.74) is 2.78. The Bertz CT molecular complexity index is 1210. The second-order valence-corrected chi connectivity index (χ2v) is 10.1. The zero-order chi connectivity index (χ0) is 25.1. The minimum absolute atomic E-state index is 0.284. The highest BCUT2D eigenvalue weighted by molar-refractivity contribution is 8.22. The van der Waals surface area contributed by atoms with Gasteiger partial charge in [0.25, 0.3) is 0 Å². The first-order valence-electron chi connectivity index (χ1n) is 11.2. The van der Waals surface area contributed by atoms with Crippen molar-refractivity contribution in [2.75, 3.05) is 34.4 Å². The lowest BCUT2D eigenvalue weighted by molar-refractivity contribution is -0.140. The van der Waals surface area contributed by atoms with Gasteiger partial charge < -0.3 is 19.3 Å². The quantitative estimate of drug-likeness (QED) is 0.376. The molecule has 0 amide bonds. The number of hydrogen-bond acceptors (Lipinski definition) is 7. The fraction of sp³-hybridized carbons (Fsp3) is 0.308.